The van der Waals surface area contributed by atoms with Crippen molar-refractivity contribution in [3.63, 3.8) is 0 Å². The molecule has 0 heterocycles. The third-order valence-electron chi connectivity index (χ3n) is 3.32. The van der Waals surface area contributed by atoms with E-state index in [4.69, 9.17) is 4.74 Å². The molecule has 2 N–H and O–H groups in total. The highest BCUT2D eigenvalue weighted by atomic mass is 32.2. The predicted molar refractivity (Wildman–Crippen MR) is 89.5 cm³/mol. The lowest BCUT2D eigenvalue weighted by Gasteiger charge is -2.09. The minimum absolute atomic E-state index is 0.317. The lowest BCUT2D eigenvalue weighted by Crippen LogP contribution is -2.33. The average molecular weight is 328 g/mol. The maximum absolute atomic E-state index is 12.1. The van der Waals surface area contributed by atoms with Gasteiger partial charge in [-0.3, -0.25) is 0 Å². The Kier molecular flexibility index (Phi) is 8.63. The zero-order chi connectivity index (χ0) is 16.4. The first-order valence-electron chi connectivity index (χ1n) is 7.74. The van der Waals surface area contributed by atoms with Crippen molar-refractivity contribution >= 4 is 10.0 Å². The first-order valence-corrected chi connectivity index (χ1v) is 9.22. The van der Waals surface area contributed by atoms with Crippen LogP contribution in [0.4, 0.5) is 0 Å². The van der Waals surface area contributed by atoms with Crippen molar-refractivity contribution in [3.8, 4) is 0 Å². The van der Waals surface area contributed by atoms with E-state index in [2.05, 4.69) is 23.9 Å². The second-order valence-electron chi connectivity index (χ2n) is 5.72. The first kappa shape index (κ1) is 19.1. The van der Waals surface area contributed by atoms with Crippen LogP contribution in [0.15, 0.2) is 29.2 Å². The van der Waals surface area contributed by atoms with Gasteiger partial charge in [-0.2, -0.15) is 0 Å². The molecule has 0 atom stereocenters. The molecule has 0 aromatic heterocycles. The number of methoxy groups -OCH3 is 1. The molecule has 0 bridgehead atoms. The quantitative estimate of drug-likeness (QED) is 0.608. The van der Waals surface area contributed by atoms with Gasteiger partial charge in [0.15, 0.2) is 0 Å². The van der Waals surface area contributed by atoms with E-state index in [1.54, 1.807) is 19.2 Å². The molecule has 1 rings (SSSR count). The van der Waals surface area contributed by atoms with E-state index in [1.165, 1.54) is 5.56 Å². The molecule has 0 aliphatic rings. The Morgan fingerprint density at radius 3 is 2.36 bits per heavy atom. The van der Waals surface area contributed by atoms with Crippen LogP contribution in [0, 0.1) is 5.92 Å². The highest BCUT2D eigenvalue weighted by Gasteiger charge is 2.12. The van der Waals surface area contributed by atoms with Crippen molar-refractivity contribution in [1.29, 1.82) is 0 Å². The molecule has 0 aliphatic heterocycles. The Bertz CT molecular complexity index is 513. The summed E-state index contributed by atoms with van der Waals surface area (Å²) in [5.41, 5.74) is 1.17. The normalized spacial score (nSPS) is 12.0. The third kappa shape index (κ3) is 7.35. The van der Waals surface area contributed by atoms with Gasteiger partial charge in [-0.05, 0) is 36.5 Å². The number of ether oxygens (including phenoxy) is 1. The molecule has 0 unspecified atom stereocenters. The molecule has 0 spiro atoms. The summed E-state index contributed by atoms with van der Waals surface area (Å²) < 4.78 is 31.8. The summed E-state index contributed by atoms with van der Waals surface area (Å²) >= 11 is 0. The highest BCUT2D eigenvalue weighted by molar-refractivity contribution is 7.89. The van der Waals surface area contributed by atoms with E-state index < -0.39 is 10.0 Å². The molecule has 1 aromatic carbocycles. The zero-order valence-electron chi connectivity index (χ0n) is 13.8. The monoisotopic (exact) mass is 328 g/mol. The molecule has 0 aliphatic carbocycles. The second-order valence-corrected chi connectivity index (χ2v) is 7.48. The zero-order valence-corrected chi connectivity index (χ0v) is 14.6. The summed E-state index contributed by atoms with van der Waals surface area (Å²) in [4.78, 5) is 0.317. The standard InChI is InChI=1S/C16H28N2O3S/c1-14(2)4-5-15-6-8-16(9-7-15)22(19,20)18-11-10-17-12-13-21-3/h6-9,14,17-18H,4-5,10-13H2,1-3H3. The number of sulfonamides is 1. The molecular weight excluding hydrogens is 300 g/mol. The van der Waals surface area contributed by atoms with Crippen LogP contribution in [0.25, 0.3) is 0 Å². The fourth-order valence-corrected chi connectivity index (χ4v) is 2.98. The number of aryl methyl sites for hydroxylation is 1. The Hall–Kier alpha value is -0.950. The lowest BCUT2D eigenvalue weighted by molar-refractivity contribution is 0.199. The van der Waals surface area contributed by atoms with Gasteiger partial charge in [0.2, 0.25) is 10.0 Å². The van der Waals surface area contributed by atoms with E-state index in [-0.39, 0.29) is 0 Å². The molecule has 0 radical (unpaired) electrons. The van der Waals surface area contributed by atoms with Gasteiger partial charge in [-0.1, -0.05) is 26.0 Å². The largest absolute Gasteiger partial charge is 0.383 e. The van der Waals surface area contributed by atoms with Crippen molar-refractivity contribution < 1.29 is 13.2 Å². The van der Waals surface area contributed by atoms with Crippen LogP contribution >= 0.6 is 0 Å². The van der Waals surface area contributed by atoms with Crippen molar-refractivity contribution in [1.82, 2.24) is 10.0 Å². The van der Waals surface area contributed by atoms with Crippen LogP contribution in [0.3, 0.4) is 0 Å². The number of hydrogen-bond donors (Lipinski definition) is 2. The number of rotatable bonds is 11. The molecule has 22 heavy (non-hydrogen) atoms. The molecule has 126 valence electrons. The lowest BCUT2D eigenvalue weighted by atomic mass is 10.0. The maximum Gasteiger partial charge on any atom is 0.240 e. The summed E-state index contributed by atoms with van der Waals surface area (Å²) in [6, 6.07) is 7.15. The van der Waals surface area contributed by atoms with Gasteiger partial charge in [0.1, 0.15) is 0 Å². The van der Waals surface area contributed by atoms with E-state index in [0.29, 0.717) is 37.1 Å². The molecular formula is C16H28N2O3S. The smallest absolute Gasteiger partial charge is 0.240 e. The minimum atomic E-state index is -3.42. The van der Waals surface area contributed by atoms with Crippen molar-refractivity contribution in [2.24, 2.45) is 5.92 Å². The van der Waals surface area contributed by atoms with Gasteiger partial charge in [-0.25, -0.2) is 13.1 Å². The van der Waals surface area contributed by atoms with Gasteiger partial charge in [0.05, 0.1) is 11.5 Å². The Morgan fingerprint density at radius 2 is 1.77 bits per heavy atom. The topological polar surface area (TPSA) is 67.4 Å². The summed E-state index contributed by atoms with van der Waals surface area (Å²) in [5, 5.41) is 3.09. The molecule has 0 amide bonds. The van der Waals surface area contributed by atoms with Gasteiger partial charge in [0, 0.05) is 26.7 Å². The number of nitrogens with one attached hydrogen (secondary N) is 2. The van der Waals surface area contributed by atoms with Crippen molar-refractivity contribution in [3.05, 3.63) is 29.8 Å². The summed E-state index contributed by atoms with van der Waals surface area (Å²) in [7, 11) is -1.79. The fraction of sp³-hybridized carbons (Fsp3) is 0.625. The summed E-state index contributed by atoms with van der Waals surface area (Å²) in [5.74, 6) is 0.649. The van der Waals surface area contributed by atoms with Crippen LogP contribution in [0.5, 0.6) is 0 Å². The maximum atomic E-state index is 12.1. The molecule has 0 fully saturated rings. The summed E-state index contributed by atoms with van der Waals surface area (Å²) in [6.45, 7) is 6.64. The summed E-state index contributed by atoms with van der Waals surface area (Å²) in [6.07, 6.45) is 2.09. The fourth-order valence-electron chi connectivity index (χ4n) is 1.95. The van der Waals surface area contributed by atoms with Gasteiger partial charge >= 0.3 is 0 Å². The molecule has 0 saturated heterocycles. The van der Waals surface area contributed by atoms with E-state index in [0.717, 1.165) is 12.8 Å². The van der Waals surface area contributed by atoms with Gasteiger partial charge < -0.3 is 10.1 Å². The SMILES string of the molecule is COCCNCCNS(=O)(=O)c1ccc(CCC(C)C)cc1. The Morgan fingerprint density at radius 1 is 1.09 bits per heavy atom. The number of benzene rings is 1. The highest BCUT2D eigenvalue weighted by Crippen LogP contribution is 2.13. The molecule has 5 nitrogen and oxygen atoms in total. The van der Waals surface area contributed by atoms with Crippen molar-refractivity contribution in [2.75, 3.05) is 33.4 Å². The van der Waals surface area contributed by atoms with Crippen LogP contribution in [-0.4, -0.2) is 41.8 Å². The second kappa shape index (κ2) is 9.94. The van der Waals surface area contributed by atoms with E-state index in [9.17, 15) is 8.42 Å². The van der Waals surface area contributed by atoms with Crippen LogP contribution in [0.2, 0.25) is 0 Å². The third-order valence-corrected chi connectivity index (χ3v) is 4.80. The minimum Gasteiger partial charge on any atom is -0.383 e. The Labute approximate surface area is 134 Å². The van der Waals surface area contributed by atoms with Crippen LogP contribution in [0.1, 0.15) is 25.8 Å². The molecule has 0 saturated carbocycles. The van der Waals surface area contributed by atoms with Gasteiger partial charge in [-0.15, -0.1) is 0 Å². The predicted octanol–water partition coefficient (Wildman–Crippen LogP) is 1.79. The average Bonchev–Trinajstić information content (AvgIpc) is 2.49. The first-order chi connectivity index (χ1) is 10.5. The Balaban J connectivity index is 2.44. The van der Waals surface area contributed by atoms with Crippen LogP contribution < -0.4 is 10.0 Å². The van der Waals surface area contributed by atoms with E-state index in [1.807, 2.05) is 12.1 Å². The number of hydrogen-bond acceptors (Lipinski definition) is 4. The van der Waals surface area contributed by atoms with E-state index >= 15 is 0 Å². The van der Waals surface area contributed by atoms with Gasteiger partial charge in [0.25, 0.3) is 0 Å². The van der Waals surface area contributed by atoms with Crippen LogP contribution in [-0.2, 0) is 21.2 Å². The molecule has 6 heteroatoms. The van der Waals surface area contributed by atoms with Crippen molar-refractivity contribution in [2.45, 2.75) is 31.6 Å². The molecule has 1 aromatic rings.